The van der Waals surface area contributed by atoms with Crippen molar-refractivity contribution in [1.29, 1.82) is 0 Å². The number of hydrogen-bond donors (Lipinski definition) is 2. The Hall–Kier alpha value is -2.90. The second kappa shape index (κ2) is 7.39. The van der Waals surface area contributed by atoms with Crippen LogP contribution in [0.1, 0.15) is 30.0 Å². The molecule has 0 bridgehead atoms. The molecular formula is C15H19N5O3. The van der Waals surface area contributed by atoms with Crippen LogP contribution in [-0.2, 0) is 11.3 Å². The normalized spacial score (nSPS) is 10.6. The number of nitrogens with two attached hydrogens (primary N) is 2. The Morgan fingerprint density at radius 1 is 1.09 bits per heavy atom. The van der Waals surface area contributed by atoms with E-state index >= 15 is 0 Å². The topological polar surface area (TPSA) is 126 Å². The van der Waals surface area contributed by atoms with Gasteiger partial charge in [0.05, 0.1) is 12.2 Å². The highest BCUT2D eigenvalue weighted by molar-refractivity contribution is 5.89. The molecule has 8 heteroatoms. The minimum Gasteiger partial charge on any atom is -0.493 e. The Morgan fingerprint density at radius 3 is 2.26 bits per heavy atom. The van der Waals surface area contributed by atoms with Gasteiger partial charge >= 0.3 is 5.97 Å². The zero-order chi connectivity index (χ0) is 16.8. The van der Waals surface area contributed by atoms with Crippen molar-refractivity contribution in [1.82, 2.24) is 15.0 Å². The minimum atomic E-state index is -0.502. The largest absolute Gasteiger partial charge is 0.493 e. The molecule has 1 heterocycles. The van der Waals surface area contributed by atoms with Crippen LogP contribution in [0.5, 0.6) is 5.75 Å². The Bertz CT molecular complexity index is 653. The number of hydrogen-bond acceptors (Lipinski definition) is 8. The lowest BCUT2D eigenvalue weighted by atomic mass is 10.2. The van der Waals surface area contributed by atoms with Crippen molar-refractivity contribution in [3.05, 3.63) is 35.7 Å². The van der Waals surface area contributed by atoms with E-state index in [1.807, 2.05) is 0 Å². The summed E-state index contributed by atoms with van der Waals surface area (Å²) in [4.78, 5) is 23.3. The molecule has 0 saturated carbocycles. The zero-order valence-electron chi connectivity index (χ0n) is 13.0. The number of esters is 1. The molecule has 1 aromatic heterocycles. The summed E-state index contributed by atoms with van der Waals surface area (Å²) in [5.74, 6) is 0.789. The second-order valence-corrected chi connectivity index (χ2v) is 5.27. The average molecular weight is 317 g/mol. The zero-order valence-corrected chi connectivity index (χ0v) is 13.0. The van der Waals surface area contributed by atoms with E-state index in [1.54, 1.807) is 24.3 Å². The first-order valence-electron chi connectivity index (χ1n) is 7.10. The molecule has 8 nitrogen and oxygen atoms in total. The van der Waals surface area contributed by atoms with Gasteiger partial charge in [-0.25, -0.2) is 4.79 Å². The average Bonchev–Trinajstić information content (AvgIpc) is 2.50. The summed E-state index contributed by atoms with van der Waals surface area (Å²) in [6.07, 6.45) is 0. The number of anilines is 2. The van der Waals surface area contributed by atoms with Crippen LogP contribution < -0.4 is 16.2 Å². The molecule has 1 aromatic carbocycles. The van der Waals surface area contributed by atoms with Crippen molar-refractivity contribution in [3.63, 3.8) is 0 Å². The summed E-state index contributed by atoms with van der Waals surface area (Å²) in [5, 5.41) is 0. The summed E-state index contributed by atoms with van der Waals surface area (Å²) in [6, 6.07) is 6.71. The van der Waals surface area contributed by atoms with Crippen molar-refractivity contribution >= 4 is 17.9 Å². The van der Waals surface area contributed by atoms with Crippen molar-refractivity contribution in [2.75, 3.05) is 18.1 Å². The SMILES string of the molecule is CC(C)COc1ccc(C(=O)OCc2nc(N)nc(N)n2)cc1. The summed E-state index contributed by atoms with van der Waals surface area (Å²) in [6.45, 7) is 4.60. The number of aromatic nitrogens is 3. The van der Waals surface area contributed by atoms with E-state index in [2.05, 4.69) is 28.8 Å². The van der Waals surface area contributed by atoms with Gasteiger partial charge in [0.2, 0.25) is 11.9 Å². The summed E-state index contributed by atoms with van der Waals surface area (Å²) < 4.78 is 10.7. The monoisotopic (exact) mass is 317 g/mol. The van der Waals surface area contributed by atoms with Gasteiger partial charge in [-0.05, 0) is 30.2 Å². The molecule has 4 N–H and O–H groups in total. The Balaban J connectivity index is 1.92. The molecule has 0 unspecified atom stereocenters. The van der Waals surface area contributed by atoms with Gasteiger partial charge in [0.25, 0.3) is 0 Å². The minimum absolute atomic E-state index is 0.0183. The molecule has 0 spiro atoms. The van der Waals surface area contributed by atoms with Crippen LogP contribution in [-0.4, -0.2) is 27.5 Å². The van der Waals surface area contributed by atoms with Crippen LogP contribution in [0.2, 0.25) is 0 Å². The third kappa shape index (κ3) is 5.10. The van der Waals surface area contributed by atoms with Crippen LogP contribution in [0.3, 0.4) is 0 Å². The fourth-order valence-corrected chi connectivity index (χ4v) is 1.68. The molecular weight excluding hydrogens is 298 g/mol. The predicted octanol–water partition coefficient (Wildman–Crippen LogP) is 1.43. The predicted molar refractivity (Wildman–Crippen MR) is 84.5 cm³/mol. The molecule has 0 aliphatic heterocycles. The Kier molecular flexibility index (Phi) is 5.29. The standard InChI is InChI=1S/C15H19N5O3/c1-9(2)7-22-11-5-3-10(4-6-11)13(21)23-8-12-18-14(16)20-15(17)19-12/h3-6,9H,7-8H2,1-2H3,(H4,16,17,18,19,20). The molecule has 0 radical (unpaired) electrons. The lowest BCUT2D eigenvalue weighted by Crippen LogP contribution is -2.11. The van der Waals surface area contributed by atoms with E-state index in [4.69, 9.17) is 20.9 Å². The van der Waals surface area contributed by atoms with E-state index < -0.39 is 5.97 Å². The number of ether oxygens (including phenoxy) is 2. The van der Waals surface area contributed by atoms with Gasteiger partial charge in [-0.1, -0.05) is 13.8 Å². The first-order chi connectivity index (χ1) is 10.9. The molecule has 0 fully saturated rings. The highest BCUT2D eigenvalue weighted by Gasteiger charge is 2.10. The molecule has 122 valence electrons. The van der Waals surface area contributed by atoms with E-state index in [-0.39, 0.29) is 24.3 Å². The van der Waals surface area contributed by atoms with Crippen molar-refractivity contribution in [3.8, 4) is 5.75 Å². The van der Waals surface area contributed by atoms with Gasteiger partial charge in [-0.15, -0.1) is 0 Å². The lowest BCUT2D eigenvalue weighted by Gasteiger charge is -2.09. The second-order valence-electron chi connectivity index (χ2n) is 5.27. The molecule has 0 amide bonds. The van der Waals surface area contributed by atoms with E-state index in [0.717, 1.165) is 0 Å². The van der Waals surface area contributed by atoms with Crippen LogP contribution in [0, 0.1) is 5.92 Å². The third-order valence-corrected chi connectivity index (χ3v) is 2.72. The van der Waals surface area contributed by atoms with Crippen LogP contribution in [0.4, 0.5) is 11.9 Å². The number of carbonyl (C=O) groups is 1. The Labute approximate surface area is 133 Å². The summed E-state index contributed by atoms with van der Waals surface area (Å²) in [7, 11) is 0. The molecule has 2 rings (SSSR count). The van der Waals surface area contributed by atoms with Crippen molar-refractivity contribution < 1.29 is 14.3 Å². The maximum atomic E-state index is 12.0. The van der Waals surface area contributed by atoms with Crippen molar-refractivity contribution in [2.45, 2.75) is 20.5 Å². The fraction of sp³-hybridized carbons (Fsp3) is 0.333. The summed E-state index contributed by atoms with van der Waals surface area (Å²) in [5.41, 5.74) is 11.3. The molecule has 0 aliphatic carbocycles. The maximum absolute atomic E-state index is 12.0. The molecule has 0 atom stereocenters. The van der Waals surface area contributed by atoms with Crippen LogP contribution in [0.25, 0.3) is 0 Å². The molecule has 23 heavy (non-hydrogen) atoms. The fourth-order valence-electron chi connectivity index (χ4n) is 1.68. The van der Waals surface area contributed by atoms with Gasteiger partial charge < -0.3 is 20.9 Å². The van der Waals surface area contributed by atoms with E-state index in [0.29, 0.717) is 23.8 Å². The number of nitrogen functional groups attached to an aromatic ring is 2. The van der Waals surface area contributed by atoms with Gasteiger partial charge in [-0.2, -0.15) is 15.0 Å². The van der Waals surface area contributed by atoms with Crippen LogP contribution >= 0.6 is 0 Å². The summed E-state index contributed by atoms with van der Waals surface area (Å²) >= 11 is 0. The molecule has 2 aromatic rings. The van der Waals surface area contributed by atoms with Gasteiger partial charge in [0.1, 0.15) is 5.75 Å². The lowest BCUT2D eigenvalue weighted by molar-refractivity contribution is 0.0462. The number of rotatable bonds is 6. The maximum Gasteiger partial charge on any atom is 0.338 e. The highest BCUT2D eigenvalue weighted by atomic mass is 16.5. The number of benzene rings is 1. The molecule has 0 saturated heterocycles. The quantitative estimate of drug-likeness (QED) is 0.766. The smallest absolute Gasteiger partial charge is 0.338 e. The van der Waals surface area contributed by atoms with E-state index in [9.17, 15) is 4.79 Å². The number of nitrogens with zero attached hydrogens (tertiary/aromatic N) is 3. The molecule has 0 aliphatic rings. The Morgan fingerprint density at radius 2 is 1.70 bits per heavy atom. The third-order valence-electron chi connectivity index (χ3n) is 2.72. The van der Waals surface area contributed by atoms with Crippen LogP contribution in [0.15, 0.2) is 24.3 Å². The van der Waals surface area contributed by atoms with Gasteiger partial charge in [-0.3, -0.25) is 0 Å². The highest BCUT2D eigenvalue weighted by Crippen LogP contribution is 2.14. The number of carbonyl (C=O) groups excluding carboxylic acids is 1. The van der Waals surface area contributed by atoms with Crippen molar-refractivity contribution in [2.24, 2.45) is 5.92 Å². The van der Waals surface area contributed by atoms with E-state index in [1.165, 1.54) is 0 Å². The van der Waals surface area contributed by atoms with Gasteiger partial charge in [0, 0.05) is 0 Å². The van der Waals surface area contributed by atoms with Gasteiger partial charge in [0.15, 0.2) is 12.4 Å². The first kappa shape index (κ1) is 16.5. The first-order valence-corrected chi connectivity index (χ1v) is 7.10.